The molecule has 0 aliphatic carbocycles. The summed E-state index contributed by atoms with van der Waals surface area (Å²) in [6, 6.07) is 7.29. The Kier molecular flexibility index (Phi) is 5.28. The van der Waals surface area contributed by atoms with Gasteiger partial charge < -0.3 is 14.2 Å². The van der Waals surface area contributed by atoms with Crippen molar-refractivity contribution >= 4 is 15.9 Å². The van der Waals surface area contributed by atoms with Gasteiger partial charge in [0.05, 0.1) is 30.9 Å². The van der Waals surface area contributed by atoms with Gasteiger partial charge in [0.25, 0.3) is 5.91 Å². The van der Waals surface area contributed by atoms with Crippen LogP contribution < -0.4 is 9.46 Å². The van der Waals surface area contributed by atoms with Crippen LogP contribution in [0.2, 0.25) is 0 Å². The molecule has 0 bridgehead atoms. The second-order valence-corrected chi connectivity index (χ2v) is 8.28. The Hall–Kier alpha value is -2.39. The largest absolute Gasteiger partial charge is 0.484 e. The van der Waals surface area contributed by atoms with Crippen LogP contribution in [0.4, 0.5) is 0 Å². The molecule has 8 nitrogen and oxygen atoms in total. The van der Waals surface area contributed by atoms with Gasteiger partial charge in [-0.1, -0.05) is 17.7 Å². The zero-order valence-corrected chi connectivity index (χ0v) is 15.6. The van der Waals surface area contributed by atoms with Crippen LogP contribution in [0.5, 0.6) is 5.75 Å². The second kappa shape index (κ2) is 7.46. The number of sulfonamides is 1. The maximum Gasteiger partial charge on any atom is 0.260 e. The third-order valence-corrected chi connectivity index (χ3v) is 4.93. The molecule has 1 unspecified atom stereocenters. The Morgan fingerprint density at radius 2 is 2.08 bits per heavy atom. The van der Waals surface area contributed by atoms with Gasteiger partial charge in [-0.2, -0.15) is 0 Å². The summed E-state index contributed by atoms with van der Waals surface area (Å²) in [7, 11) is -3.31. The molecule has 1 N–H and O–H groups in total. The Morgan fingerprint density at radius 3 is 2.77 bits per heavy atom. The third-order valence-electron chi connectivity index (χ3n) is 4.24. The summed E-state index contributed by atoms with van der Waals surface area (Å²) in [5.74, 6) is 0.490. The van der Waals surface area contributed by atoms with Gasteiger partial charge in [0, 0.05) is 19.3 Å². The minimum absolute atomic E-state index is 0.0660. The molecular formula is C17H22N4O4S. The number of ether oxygens (including phenoxy) is 1. The van der Waals surface area contributed by atoms with E-state index in [9.17, 15) is 13.2 Å². The minimum Gasteiger partial charge on any atom is -0.484 e. The molecule has 1 aromatic carbocycles. The fourth-order valence-corrected chi connectivity index (χ4v) is 3.35. The highest BCUT2D eigenvalue weighted by Crippen LogP contribution is 2.21. The van der Waals surface area contributed by atoms with Gasteiger partial charge in [0.2, 0.25) is 10.0 Å². The molecule has 0 saturated heterocycles. The molecule has 26 heavy (non-hydrogen) atoms. The standard InChI is InChI=1S/C17H22N4O4S/c1-13-3-5-16(6-4-13)25-11-17(22)20-9-14-7-18-12-21(14)15(10-20)8-19-26(2,23)24/h3-7,12,15,19H,8-11H2,1-2H3. The molecule has 1 aromatic heterocycles. The predicted octanol–water partition coefficient (Wildman–Crippen LogP) is 0.703. The normalized spacial score (nSPS) is 17.0. The molecule has 3 rings (SSSR count). The Morgan fingerprint density at radius 1 is 1.35 bits per heavy atom. The van der Waals surface area contributed by atoms with Crippen molar-refractivity contribution < 1.29 is 17.9 Å². The first-order valence-corrected chi connectivity index (χ1v) is 10.1. The lowest BCUT2D eigenvalue weighted by Gasteiger charge is -2.34. The summed E-state index contributed by atoms with van der Waals surface area (Å²) in [4.78, 5) is 18.3. The summed E-state index contributed by atoms with van der Waals surface area (Å²) < 4.78 is 32.7. The fourth-order valence-electron chi connectivity index (χ4n) is 2.86. The number of carbonyl (C=O) groups excluding carboxylic acids is 1. The molecule has 0 saturated carbocycles. The molecule has 9 heteroatoms. The average Bonchev–Trinajstić information content (AvgIpc) is 3.06. The number of imidazole rings is 1. The fraction of sp³-hybridized carbons (Fsp3) is 0.412. The van der Waals surface area contributed by atoms with Gasteiger partial charge >= 0.3 is 0 Å². The molecule has 2 heterocycles. The molecule has 0 radical (unpaired) electrons. The average molecular weight is 378 g/mol. The lowest BCUT2D eigenvalue weighted by molar-refractivity contribution is -0.135. The molecule has 0 spiro atoms. The minimum atomic E-state index is -3.31. The number of rotatable bonds is 6. The lowest BCUT2D eigenvalue weighted by Crippen LogP contribution is -2.46. The van der Waals surface area contributed by atoms with Crippen LogP contribution in [-0.2, 0) is 21.4 Å². The van der Waals surface area contributed by atoms with Gasteiger partial charge in [0.1, 0.15) is 5.75 Å². The van der Waals surface area contributed by atoms with E-state index in [0.717, 1.165) is 17.5 Å². The summed E-state index contributed by atoms with van der Waals surface area (Å²) in [6.07, 6.45) is 4.46. The van der Waals surface area contributed by atoms with E-state index >= 15 is 0 Å². The first kappa shape index (κ1) is 18.4. The maximum atomic E-state index is 12.5. The zero-order chi connectivity index (χ0) is 18.7. The molecule has 2 aromatic rings. The van der Waals surface area contributed by atoms with E-state index in [-0.39, 0.29) is 25.1 Å². The summed E-state index contributed by atoms with van der Waals surface area (Å²) in [5, 5.41) is 0. The van der Waals surface area contributed by atoms with Crippen LogP contribution >= 0.6 is 0 Å². The van der Waals surface area contributed by atoms with Crippen LogP contribution in [0.3, 0.4) is 0 Å². The Bertz CT molecular complexity index is 876. The van der Waals surface area contributed by atoms with Crippen molar-refractivity contribution in [2.24, 2.45) is 0 Å². The molecule has 1 atom stereocenters. The molecular weight excluding hydrogens is 356 g/mol. The van der Waals surface area contributed by atoms with E-state index in [1.54, 1.807) is 17.4 Å². The van der Waals surface area contributed by atoms with Gasteiger partial charge in [-0.25, -0.2) is 18.1 Å². The van der Waals surface area contributed by atoms with Crippen LogP contribution in [0.25, 0.3) is 0 Å². The van der Waals surface area contributed by atoms with Gasteiger partial charge in [0.15, 0.2) is 6.61 Å². The van der Waals surface area contributed by atoms with E-state index < -0.39 is 10.0 Å². The summed E-state index contributed by atoms with van der Waals surface area (Å²) in [5.41, 5.74) is 1.98. The molecule has 1 aliphatic heterocycles. The van der Waals surface area contributed by atoms with E-state index in [4.69, 9.17) is 4.74 Å². The van der Waals surface area contributed by atoms with Crippen LogP contribution in [-0.4, -0.2) is 54.7 Å². The highest BCUT2D eigenvalue weighted by atomic mass is 32.2. The number of hydrogen-bond donors (Lipinski definition) is 1. The number of carbonyl (C=O) groups is 1. The number of nitrogens with zero attached hydrogens (tertiary/aromatic N) is 3. The molecule has 140 valence electrons. The number of aryl methyl sites for hydroxylation is 1. The van der Waals surface area contributed by atoms with Crippen molar-refractivity contribution in [3.63, 3.8) is 0 Å². The van der Waals surface area contributed by atoms with E-state index in [1.165, 1.54) is 0 Å². The van der Waals surface area contributed by atoms with Crippen LogP contribution in [0, 0.1) is 6.92 Å². The topological polar surface area (TPSA) is 93.5 Å². The van der Waals surface area contributed by atoms with Gasteiger partial charge in [-0.3, -0.25) is 4.79 Å². The number of aromatic nitrogens is 2. The van der Waals surface area contributed by atoms with Crippen molar-refractivity contribution in [1.82, 2.24) is 19.2 Å². The quantitative estimate of drug-likeness (QED) is 0.799. The van der Waals surface area contributed by atoms with Crippen molar-refractivity contribution in [3.05, 3.63) is 48.0 Å². The zero-order valence-electron chi connectivity index (χ0n) is 14.8. The number of benzene rings is 1. The van der Waals surface area contributed by atoms with Gasteiger partial charge in [-0.05, 0) is 19.1 Å². The van der Waals surface area contributed by atoms with Crippen molar-refractivity contribution in [1.29, 1.82) is 0 Å². The van der Waals surface area contributed by atoms with E-state index in [0.29, 0.717) is 18.8 Å². The number of fused-ring (bicyclic) bond motifs is 1. The highest BCUT2D eigenvalue weighted by molar-refractivity contribution is 7.88. The summed E-state index contributed by atoms with van der Waals surface area (Å²) >= 11 is 0. The van der Waals surface area contributed by atoms with Crippen molar-refractivity contribution in [2.75, 3.05) is 26.0 Å². The smallest absolute Gasteiger partial charge is 0.260 e. The second-order valence-electron chi connectivity index (χ2n) is 6.44. The first-order valence-electron chi connectivity index (χ1n) is 8.24. The maximum absolute atomic E-state index is 12.5. The van der Waals surface area contributed by atoms with Crippen LogP contribution in [0.15, 0.2) is 36.8 Å². The van der Waals surface area contributed by atoms with Crippen molar-refractivity contribution in [3.8, 4) is 5.75 Å². The monoisotopic (exact) mass is 378 g/mol. The van der Waals surface area contributed by atoms with Crippen LogP contribution in [0.1, 0.15) is 17.3 Å². The summed E-state index contributed by atoms with van der Waals surface area (Å²) in [6.45, 7) is 2.93. The Balaban J connectivity index is 1.64. The van der Waals surface area contributed by atoms with E-state index in [1.807, 2.05) is 35.8 Å². The van der Waals surface area contributed by atoms with Gasteiger partial charge in [-0.15, -0.1) is 0 Å². The lowest BCUT2D eigenvalue weighted by atomic mass is 10.2. The highest BCUT2D eigenvalue weighted by Gasteiger charge is 2.28. The molecule has 0 fully saturated rings. The number of nitrogens with one attached hydrogen (secondary N) is 1. The Labute approximate surface area is 152 Å². The third kappa shape index (κ3) is 4.61. The van der Waals surface area contributed by atoms with Crippen molar-refractivity contribution in [2.45, 2.75) is 19.5 Å². The van der Waals surface area contributed by atoms with E-state index in [2.05, 4.69) is 9.71 Å². The number of amides is 1. The SMILES string of the molecule is Cc1ccc(OCC(=O)N2Cc3cncn3C(CNS(C)(=O)=O)C2)cc1. The first-order chi connectivity index (χ1) is 12.3. The molecule has 1 aliphatic rings. The number of hydrogen-bond acceptors (Lipinski definition) is 5. The molecule has 1 amide bonds. The predicted molar refractivity (Wildman–Crippen MR) is 96.2 cm³/mol.